The average Bonchev–Trinajstić information content (AvgIpc) is 2.83. The van der Waals surface area contributed by atoms with E-state index in [1.165, 1.54) is 10.9 Å². The summed E-state index contributed by atoms with van der Waals surface area (Å²) in [7, 11) is 0. The number of benzene rings is 1. The molecular formula is C11H11N3O2S. The summed E-state index contributed by atoms with van der Waals surface area (Å²) < 4.78 is 1.44. The lowest BCUT2D eigenvalue weighted by molar-refractivity contribution is -0.138. The Morgan fingerprint density at radius 1 is 1.41 bits per heavy atom. The van der Waals surface area contributed by atoms with Crippen LogP contribution in [0.4, 0.5) is 0 Å². The normalized spacial score (nSPS) is 14.2. The molecule has 1 unspecified atom stereocenters. The predicted octanol–water partition coefficient (Wildman–Crippen LogP) is 1.38. The first kappa shape index (κ1) is 11.7. The highest BCUT2D eigenvalue weighted by Gasteiger charge is 2.33. The number of nitrogens with zero attached hydrogens (tertiary/aromatic N) is 3. The quantitative estimate of drug-likeness (QED) is 0.803. The highest BCUT2D eigenvalue weighted by molar-refractivity contribution is 7.81. The summed E-state index contributed by atoms with van der Waals surface area (Å²) in [5.74, 6) is -0.945. The Bertz CT molecular complexity index is 501. The van der Waals surface area contributed by atoms with E-state index in [1.54, 1.807) is 6.20 Å². The zero-order valence-corrected chi connectivity index (χ0v) is 9.79. The Hall–Kier alpha value is -1.82. The van der Waals surface area contributed by atoms with Crippen molar-refractivity contribution in [1.82, 2.24) is 15.0 Å². The highest BCUT2D eigenvalue weighted by Crippen LogP contribution is 2.33. The van der Waals surface area contributed by atoms with Crippen LogP contribution in [0.3, 0.4) is 0 Å². The fourth-order valence-electron chi connectivity index (χ4n) is 1.64. The Balaban J connectivity index is 2.48. The number of thiol groups is 1. The Kier molecular flexibility index (Phi) is 3.14. The number of hydrogen-bond donors (Lipinski definition) is 2. The first-order valence-electron chi connectivity index (χ1n) is 4.99. The molecule has 0 saturated heterocycles. The molecular weight excluding hydrogens is 238 g/mol. The van der Waals surface area contributed by atoms with Gasteiger partial charge in [0.05, 0.1) is 12.6 Å². The van der Waals surface area contributed by atoms with E-state index in [0.29, 0.717) is 0 Å². The zero-order valence-electron chi connectivity index (χ0n) is 8.89. The summed E-state index contributed by atoms with van der Waals surface area (Å²) in [6, 6.07) is 9.16. The van der Waals surface area contributed by atoms with E-state index in [2.05, 4.69) is 22.9 Å². The van der Waals surface area contributed by atoms with Gasteiger partial charge in [0.1, 0.15) is 4.87 Å². The number of aliphatic carboxylic acids is 1. The molecule has 1 aromatic heterocycles. The van der Waals surface area contributed by atoms with Crippen LogP contribution in [-0.4, -0.2) is 26.1 Å². The molecule has 1 aromatic carbocycles. The molecule has 5 nitrogen and oxygen atoms in total. The van der Waals surface area contributed by atoms with Crippen molar-refractivity contribution in [3.05, 3.63) is 48.3 Å². The summed E-state index contributed by atoms with van der Waals surface area (Å²) in [6.07, 6.45) is 2.92. The van der Waals surface area contributed by atoms with Crippen molar-refractivity contribution in [2.75, 3.05) is 0 Å². The van der Waals surface area contributed by atoms with Crippen LogP contribution in [0.1, 0.15) is 12.0 Å². The minimum atomic E-state index is -1.02. The molecule has 0 amide bonds. The SMILES string of the molecule is O=C(O)CC(S)(c1ccccc1)n1ccnn1. The van der Waals surface area contributed by atoms with E-state index in [9.17, 15) is 4.79 Å². The lowest BCUT2D eigenvalue weighted by Gasteiger charge is -2.27. The van der Waals surface area contributed by atoms with Gasteiger partial charge in [0.15, 0.2) is 0 Å². The number of carboxylic acid groups (broad SMARTS) is 1. The maximum Gasteiger partial charge on any atom is 0.307 e. The molecule has 0 fully saturated rings. The van der Waals surface area contributed by atoms with Crippen LogP contribution >= 0.6 is 12.6 Å². The van der Waals surface area contributed by atoms with Gasteiger partial charge in [0.2, 0.25) is 0 Å². The third-order valence-corrected chi connectivity index (χ3v) is 3.06. The van der Waals surface area contributed by atoms with Gasteiger partial charge >= 0.3 is 5.97 Å². The van der Waals surface area contributed by atoms with E-state index in [0.717, 1.165) is 5.56 Å². The molecule has 1 atom stereocenters. The van der Waals surface area contributed by atoms with Crippen LogP contribution in [0.2, 0.25) is 0 Å². The number of hydrogen-bond acceptors (Lipinski definition) is 4. The monoisotopic (exact) mass is 249 g/mol. The van der Waals surface area contributed by atoms with Gasteiger partial charge in [-0.15, -0.1) is 17.7 Å². The van der Waals surface area contributed by atoms with Crippen molar-refractivity contribution in [2.45, 2.75) is 11.3 Å². The molecule has 1 N–H and O–H groups in total. The van der Waals surface area contributed by atoms with Crippen molar-refractivity contribution < 1.29 is 9.90 Å². The van der Waals surface area contributed by atoms with Gasteiger partial charge in [0.25, 0.3) is 0 Å². The number of carboxylic acids is 1. The Morgan fingerprint density at radius 2 is 2.12 bits per heavy atom. The standard InChI is InChI=1S/C11H11N3O2S/c15-10(16)8-11(17,14-7-6-12-13-14)9-4-2-1-3-5-9/h1-7,17H,8H2,(H,15,16). The second-order valence-corrected chi connectivity index (χ2v) is 4.34. The second kappa shape index (κ2) is 4.58. The van der Waals surface area contributed by atoms with Crippen LogP contribution in [-0.2, 0) is 9.67 Å². The lowest BCUT2D eigenvalue weighted by atomic mass is 10.0. The minimum absolute atomic E-state index is 0.177. The van der Waals surface area contributed by atoms with Crippen molar-refractivity contribution in [3.8, 4) is 0 Å². The van der Waals surface area contributed by atoms with Gasteiger partial charge in [-0.2, -0.15) is 0 Å². The summed E-state index contributed by atoms with van der Waals surface area (Å²) in [4.78, 5) is 9.95. The van der Waals surface area contributed by atoms with Crippen LogP contribution in [0.15, 0.2) is 42.7 Å². The van der Waals surface area contributed by atoms with Gasteiger partial charge < -0.3 is 5.11 Å². The minimum Gasteiger partial charge on any atom is -0.481 e. The van der Waals surface area contributed by atoms with Gasteiger partial charge in [-0.25, -0.2) is 4.68 Å². The van der Waals surface area contributed by atoms with Crippen LogP contribution in [0.25, 0.3) is 0 Å². The average molecular weight is 249 g/mol. The third-order valence-electron chi connectivity index (χ3n) is 2.44. The van der Waals surface area contributed by atoms with Crippen LogP contribution in [0, 0.1) is 0 Å². The summed E-state index contributed by atoms with van der Waals surface area (Å²) >= 11 is 4.48. The van der Waals surface area contributed by atoms with Crippen molar-refractivity contribution >= 4 is 18.6 Å². The van der Waals surface area contributed by atoms with E-state index < -0.39 is 10.8 Å². The molecule has 0 aliphatic rings. The molecule has 88 valence electrons. The fraction of sp³-hybridized carbons (Fsp3) is 0.182. The molecule has 0 saturated carbocycles. The number of aromatic nitrogens is 3. The van der Waals surface area contributed by atoms with Crippen LogP contribution < -0.4 is 0 Å². The summed E-state index contributed by atoms with van der Waals surface area (Å²) in [5, 5.41) is 16.5. The maximum atomic E-state index is 11.0. The molecule has 6 heteroatoms. The maximum absolute atomic E-state index is 11.0. The first-order valence-corrected chi connectivity index (χ1v) is 5.44. The summed E-state index contributed by atoms with van der Waals surface area (Å²) in [5.41, 5.74) is 0.760. The first-order chi connectivity index (χ1) is 8.13. The van der Waals surface area contributed by atoms with E-state index >= 15 is 0 Å². The topological polar surface area (TPSA) is 68.0 Å². The molecule has 0 aliphatic heterocycles. The van der Waals surface area contributed by atoms with Crippen molar-refractivity contribution in [1.29, 1.82) is 0 Å². The molecule has 2 aromatic rings. The molecule has 0 radical (unpaired) electrons. The molecule has 1 heterocycles. The van der Waals surface area contributed by atoms with E-state index in [1.807, 2.05) is 30.3 Å². The van der Waals surface area contributed by atoms with Gasteiger partial charge in [0, 0.05) is 6.20 Å². The third kappa shape index (κ3) is 2.31. The smallest absolute Gasteiger partial charge is 0.307 e. The zero-order chi connectivity index (χ0) is 12.3. The lowest BCUT2D eigenvalue weighted by Crippen LogP contribution is -2.32. The Morgan fingerprint density at radius 3 is 2.65 bits per heavy atom. The molecule has 17 heavy (non-hydrogen) atoms. The summed E-state index contributed by atoms with van der Waals surface area (Å²) in [6.45, 7) is 0. The molecule has 2 rings (SSSR count). The van der Waals surface area contributed by atoms with Gasteiger partial charge in [-0.1, -0.05) is 35.5 Å². The molecule has 0 bridgehead atoms. The van der Waals surface area contributed by atoms with Crippen molar-refractivity contribution in [2.24, 2.45) is 0 Å². The largest absolute Gasteiger partial charge is 0.481 e. The Labute approximate surface area is 103 Å². The number of rotatable bonds is 4. The predicted molar refractivity (Wildman–Crippen MR) is 64.8 cm³/mol. The fourth-order valence-corrected chi connectivity index (χ4v) is 2.03. The molecule has 0 aliphatic carbocycles. The van der Waals surface area contributed by atoms with Crippen LogP contribution in [0.5, 0.6) is 0 Å². The number of carbonyl (C=O) groups is 1. The molecule has 0 spiro atoms. The van der Waals surface area contributed by atoms with Crippen molar-refractivity contribution in [3.63, 3.8) is 0 Å². The van der Waals surface area contributed by atoms with Gasteiger partial charge in [-0.05, 0) is 5.56 Å². The van der Waals surface area contributed by atoms with E-state index in [4.69, 9.17) is 5.11 Å². The highest BCUT2D eigenvalue weighted by atomic mass is 32.1. The van der Waals surface area contributed by atoms with Gasteiger partial charge in [-0.3, -0.25) is 4.79 Å². The second-order valence-electron chi connectivity index (χ2n) is 3.60. The van der Waals surface area contributed by atoms with E-state index in [-0.39, 0.29) is 6.42 Å².